The van der Waals surface area contributed by atoms with Gasteiger partial charge in [0.2, 0.25) is 0 Å². The largest absolute Gasteiger partial charge is 0.295 e. The minimum atomic E-state index is 0.180. The molecule has 1 aliphatic rings. The van der Waals surface area contributed by atoms with Gasteiger partial charge in [0.05, 0.1) is 6.07 Å². The Bertz CT molecular complexity index is 439. The van der Waals surface area contributed by atoms with Gasteiger partial charge < -0.3 is 0 Å². The van der Waals surface area contributed by atoms with E-state index < -0.39 is 0 Å². The summed E-state index contributed by atoms with van der Waals surface area (Å²) in [5.41, 5.74) is 1.56. The van der Waals surface area contributed by atoms with Crippen molar-refractivity contribution in [1.29, 1.82) is 5.26 Å². The summed E-state index contributed by atoms with van der Waals surface area (Å²) >= 11 is 0. The second kappa shape index (κ2) is 5.75. The van der Waals surface area contributed by atoms with Gasteiger partial charge in [0.1, 0.15) is 0 Å². The molecule has 0 aromatic heterocycles. The van der Waals surface area contributed by atoms with Crippen molar-refractivity contribution in [2.75, 3.05) is 6.54 Å². The first-order valence-corrected chi connectivity index (χ1v) is 7.21. The quantitative estimate of drug-likeness (QED) is 0.808. The average Bonchev–Trinajstić information content (AvgIpc) is 2.38. The fourth-order valence-corrected chi connectivity index (χ4v) is 3.13. The maximum Gasteiger partial charge on any atom is 0.0656 e. The topological polar surface area (TPSA) is 27.0 Å². The SMILES string of the molecule is CC(C)(C)N1CCC(C#N)CC1Cc1ccccc1. The number of hydrogen-bond donors (Lipinski definition) is 0. The molecule has 1 aliphatic heterocycles. The highest BCUT2D eigenvalue weighted by Gasteiger charge is 2.34. The van der Waals surface area contributed by atoms with Crippen LogP contribution in [0.5, 0.6) is 0 Å². The molecule has 2 unspecified atom stereocenters. The molecule has 0 radical (unpaired) electrons. The summed E-state index contributed by atoms with van der Waals surface area (Å²) in [7, 11) is 0. The number of rotatable bonds is 2. The van der Waals surface area contributed by atoms with E-state index in [4.69, 9.17) is 0 Å². The van der Waals surface area contributed by atoms with Gasteiger partial charge in [0.25, 0.3) is 0 Å². The Hall–Kier alpha value is -1.33. The molecule has 1 heterocycles. The Labute approximate surface area is 117 Å². The van der Waals surface area contributed by atoms with Crippen LogP contribution in [0.2, 0.25) is 0 Å². The van der Waals surface area contributed by atoms with Crippen molar-refractivity contribution in [3.63, 3.8) is 0 Å². The van der Waals surface area contributed by atoms with Crippen molar-refractivity contribution in [3.8, 4) is 6.07 Å². The smallest absolute Gasteiger partial charge is 0.0656 e. The Balaban J connectivity index is 2.14. The van der Waals surface area contributed by atoms with Crippen LogP contribution >= 0.6 is 0 Å². The Morgan fingerprint density at radius 1 is 1.26 bits per heavy atom. The van der Waals surface area contributed by atoms with E-state index >= 15 is 0 Å². The van der Waals surface area contributed by atoms with E-state index in [-0.39, 0.29) is 11.5 Å². The molecular formula is C17H24N2. The van der Waals surface area contributed by atoms with Crippen LogP contribution < -0.4 is 0 Å². The molecule has 102 valence electrons. The number of benzene rings is 1. The lowest BCUT2D eigenvalue weighted by Gasteiger charge is -2.46. The summed E-state index contributed by atoms with van der Waals surface area (Å²) in [6, 6.07) is 13.6. The lowest BCUT2D eigenvalue weighted by atomic mass is 9.85. The zero-order valence-corrected chi connectivity index (χ0v) is 12.3. The number of piperidine rings is 1. The molecule has 0 amide bonds. The first-order chi connectivity index (χ1) is 9.00. The Morgan fingerprint density at radius 3 is 2.53 bits per heavy atom. The number of hydrogen-bond acceptors (Lipinski definition) is 2. The molecule has 2 rings (SSSR count). The van der Waals surface area contributed by atoms with E-state index in [9.17, 15) is 5.26 Å². The fourth-order valence-electron chi connectivity index (χ4n) is 3.13. The summed E-state index contributed by atoms with van der Waals surface area (Å²) < 4.78 is 0. The lowest BCUT2D eigenvalue weighted by molar-refractivity contribution is 0.0399. The molecule has 0 bridgehead atoms. The molecule has 2 heteroatoms. The van der Waals surface area contributed by atoms with E-state index in [0.29, 0.717) is 6.04 Å². The van der Waals surface area contributed by atoms with Crippen molar-refractivity contribution < 1.29 is 0 Å². The van der Waals surface area contributed by atoms with Crippen LogP contribution in [0.4, 0.5) is 0 Å². The molecule has 1 aromatic rings. The molecule has 1 fully saturated rings. The van der Waals surface area contributed by atoms with Crippen LogP contribution in [0, 0.1) is 17.2 Å². The highest BCUT2D eigenvalue weighted by atomic mass is 15.2. The van der Waals surface area contributed by atoms with Crippen LogP contribution in [0.3, 0.4) is 0 Å². The second-order valence-corrected chi connectivity index (χ2v) is 6.56. The number of likely N-dealkylation sites (tertiary alicyclic amines) is 1. The second-order valence-electron chi connectivity index (χ2n) is 6.56. The van der Waals surface area contributed by atoms with Gasteiger partial charge in [-0.2, -0.15) is 5.26 Å². The monoisotopic (exact) mass is 256 g/mol. The van der Waals surface area contributed by atoms with Crippen molar-refractivity contribution in [2.24, 2.45) is 5.92 Å². The molecule has 19 heavy (non-hydrogen) atoms. The lowest BCUT2D eigenvalue weighted by Crippen LogP contribution is -2.53. The first kappa shape index (κ1) is 14.1. The Kier molecular flexibility index (Phi) is 4.27. The van der Waals surface area contributed by atoms with Crippen LogP contribution in [0.25, 0.3) is 0 Å². The standard InChI is InChI=1S/C17H24N2/c1-17(2,3)19-10-9-15(13-18)12-16(19)11-14-7-5-4-6-8-14/h4-8,15-16H,9-12H2,1-3H3. The summed E-state index contributed by atoms with van der Waals surface area (Å²) in [5.74, 6) is 0.229. The van der Waals surface area contributed by atoms with E-state index in [0.717, 1.165) is 25.8 Å². The summed E-state index contributed by atoms with van der Waals surface area (Å²) in [5, 5.41) is 9.20. The van der Waals surface area contributed by atoms with Crippen LogP contribution in [0.15, 0.2) is 30.3 Å². The average molecular weight is 256 g/mol. The van der Waals surface area contributed by atoms with Gasteiger partial charge in [-0.15, -0.1) is 0 Å². The number of nitrogens with zero attached hydrogens (tertiary/aromatic N) is 2. The van der Waals surface area contributed by atoms with Crippen LogP contribution in [-0.2, 0) is 6.42 Å². The normalized spacial score (nSPS) is 24.9. The van der Waals surface area contributed by atoms with Crippen molar-refractivity contribution in [2.45, 2.75) is 51.6 Å². The molecule has 2 nitrogen and oxygen atoms in total. The fraction of sp³-hybridized carbons (Fsp3) is 0.588. The zero-order chi connectivity index (χ0) is 13.9. The highest BCUT2D eigenvalue weighted by Crippen LogP contribution is 2.30. The van der Waals surface area contributed by atoms with E-state index in [2.05, 4.69) is 62.1 Å². The number of nitriles is 1. The van der Waals surface area contributed by atoms with Gasteiger partial charge in [-0.1, -0.05) is 30.3 Å². The minimum Gasteiger partial charge on any atom is -0.295 e. The molecule has 0 spiro atoms. The van der Waals surface area contributed by atoms with Gasteiger partial charge in [-0.3, -0.25) is 4.90 Å². The summed E-state index contributed by atoms with van der Waals surface area (Å²) in [6.45, 7) is 7.87. The third kappa shape index (κ3) is 3.58. The predicted molar refractivity (Wildman–Crippen MR) is 78.7 cm³/mol. The third-order valence-corrected chi connectivity index (χ3v) is 4.07. The van der Waals surface area contributed by atoms with Gasteiger partial charge in [0, 0.05) is 24.0 Å². The molecule has 0 N–H and O–H groups in total. The molecule has 1 saturated heterocycles. The summed E-state index contributed by atoms with van der Waals surface area (Å²) in [6.07, 6.45) is 3.07. The van der Waals surface area contributed by atoms with Gasteiger partial charge >= 0.3 is 0 Å². The van der Waals surface area contributed by atoms with E-state index in [1.54, 1.807) is 0 Å². The van der Waals surface area contributed by atoms with Crippen molar-refractivity contribution in [3.05, 3.63) is 35.9 Å². The maximum absolute atomic E-state index is 9.20. The van der Waals surface area contributed by atoms with Crippen LogP contribution in [-0.4, -0.2) is 23.0 Å². The van der Waals surface area contributed by atoms with Crippen molar-refractivity contribution in [1.82, 2.24) is 4.90 Å². The highest BCUT2D eigenvalue weighted by molar-refractivity contribution is 5.16. The van der Waals surface area contributed by atoms with Crippen molar-refractivity contribution >= 4 is 0 Å². The third-order valence-electron chi connectivity index (χ3n) is 4.07. The maximum atomic E-state index is 9.20. The van der Waals surface area contributed by atoms with Gasteiger partial charge in [-0.05, 0) is 45.6 Å². The minimum absolute atomic E-state index is 0.180. The molecule has 1 aromatic carbocycles. The summed E-state index contributed by atoms with van der Waals surface area (Å²) in [4.78, 5) is 2.58. The predicted octanol–water partition coefficient (Wildman–Crippen LogP) is 3.63. The molecular weight excluding hydrogens is 232 g/mol. The van der Waals surface area contributed by atoms with E-state index in [1.165, 1.54) is 5.56 Å². The van der Waals surface area contributed by atoms with E-state index in [1.807, 2.05) is 0 Å². The zero-order valence-electron chi connectivity index (χ0n) is 12.3. The molecule has 2 atom stereocenters. The molecule has 0 saturated carbocycles. The molecule has 0 aliphatic carbocycles. The van der Waals surface area contributed by atoms with Gasteiger partial charge in [-0.25, -0.2) is 0 Å². The first-order valence-electron chi connectivity index (χ1n) is 7.21. The van der Waals surface area contributed by atoms with Gasteiger partial charge in [0.15, 0.2) is 0 Å². The Morgan fingerprint density at radius 2 is 1.95 bits per heavy atom. The van der Waals surface area contributed by atoms with Crippen LogP contribution in [0.1, 0.15) is 39.2 Å².